The molecule has 2 rings (SSSR count). The average molecular weight is 374 g/mol. The van der Waals surface area contributed by atoms with Crippen LogP contribution in [-0.2, 0) is 4.74 Å². The molecule has 1 aromatic rings. The Balaban J connectivity index is 1.85. The van der Waals surface area contributed by atoms with Gasteiger partial charge in [-0.25, -0.2) is 13.6 Å². The Morgan fingerprint density at radius 1 is 1.15 bits per heavy atom. The van der Waals surface area contributed by atoms with E-state index in [1.165, 1.54) is 44.2 Å². The number of esters is 1. The second-order valence-corrected chi connectivity index (χ2v) is 7.12. The number of benzene rings is 1. The van der Waals surface area contributed by atoms with E-state index < -0.39 is 24.9 Å². The molecule has 0 heterocycles. The standard InChI is InChI=1S/C20H26F4O2/c1-2-3-4-14-5-7-15(8-6-14)16-9-11-17(12-10-16)18(25)26-13-20(23,24)19(21)22/h9-12,14-15,19H,2-8,13H2,1H3/t14-,15-. The fourth-order valence-corrected chi connectivity index (χ4v) is 3.48. The number of alkyl halides is 4. The number of ether oxygens (including phenoxy) is 1. The molecule has 2 nitrogen and oxygen atoms in total. The topological polar surface area (TPSA) is 26.3 Å². The van der Waals surface area contributed by atoms with Gasteiger partial charge in [-0.3, -0.25) is 0 Å². The van der Waals surface area contributed by atoms with Crippen molar-refractivity contribution >= 4 is 5.97 Å². The zero-order valence-electron chi connectivity index (χ0n) is 15.0. The molecule has 1 aliphatic rings. The molecule has 1 fully saturated rings. The van der Waals surface area contributed by atoms with Crippen LogP contribution in [0.2, 0.25) is 0 Å². The summed E-state index contributed by atoms with van der Waals surface area (Å²) in [6.45, 7) is 0.583. The summed E-state index contributed by atoms with van der Waals surface area (Å²) in [5, 5.41) is 0. The lowest BCUT2D eigenvalue weighted by Gasteiger charge is -2.28. The maximum atomic E-state index is 12.8. The van der Waals surface area contributed by atoms with E-state index in [0.29, 0.717) is 5.92 Å². The van der Waals surface area contributed by atoms with Crippen molar-refractivity contribution in [3.8, 4) is 0 Å². The molecular formula is C20H26F4O2. The lowest BCUT2D eigenvalue weighted by atomic mass is 9.77. The van der Waals surface area contributed by atoms with E-state index in [1.807, 2.05) is 0 Å². The highest BCUT2D eigenvalue weighted by Crippen LogP contribution is 2.37. The first kappa shape index (κ1) is 20.7. The zero-order chi connectivity index (χ0) is 19.2. The van der Waals surface area contributed by atoms with E-state index in [9.17, 15) is 22.4 Å². The van der Waals surface area contributed by atoms with Gasteiger partial charge in [0.2, 0.25) is 0 Å². The second-order valence-electron chi connectivity index (χ2n) is 7.12. The zero-order valence-corrected chi connectivity index (χ0v) is 15.0. The van der Waals surface area contributed by atoms with E-state index >= 15 is 0 Å². The van der Waals surface area contributed by atoms with Crippen molar-refractivity contribution in [1.29, 1.82) is 0 Å². The first-order chi connectivity index (χ1) is 12.3. The highest BCUT2D eigenvalue weighted by atomic mass is 19.3. The van der Waals surface area contributed by atoms with Gasteiger partial charge in [0.05, 0.1) is 5.56 Å². The molecule has 0 N–H and O–H groups in total. The maximum Gasteiger partial charge on any atom is 0.340 e. The van der Waals surface area contributed by atoms with Gasteiger partial charge in [0, 0.05) is 0 Å². The summed E-state index contributed by atoms with van der Waals surface area (Å²) in [6.07, 6.45) is 4.56. The maximum absolute atomic E-state index is 12.8. The van der Waals surface area contributed by atoms with Gasteiger partial charge in [-0.1, -0.05) is 38.3 Å². The SMILES string of the molecule is CCCC[C@H]1CC[C@H](c2ccc(C(=O)OCC(F)(F)C(F)F)cc2)CC1. The number of halogens is 4. The van der Waals surface area contributed by atoms with Crippen LogP contribution >= 0.6 is 0 Å². The molecule has 146 valence electrons. The van der Waals surface area contributed by atoms with Crippen molar-refractivity contribution in [2.75, 3.05) is 6.61 Å². The third-order valence-corrected chi connectivity index (χ3v) is 5.15. The van der Waals surface area contributed by atoms with Crippen LogP contribution in [0.4, 0.5) is 17.6 Å². The third-order valence-electron chi connectivity index (χ3n) is 5.15. The van der Waals surface area contributed by atoms with Crippen LogP contribution in [0.3, 0.4) is 0 Å². The lowest BCUT2D eigenvalue weighted by molar-refractivity contribution is -0.155. The lowest BCUT2D eigenvalue weighted by Crippen LogP contribution is -2.33. The Kier molecular flexibility index (Phi) is 7.47. The summed E-state index contributed by atoms with van der Waals surface area (Å²) in [4.78, 5) is 11.7. The van der Waals surface area contributed by atoms with Crippen LogP contribution in [0.5, 0.6) is 0 Å². The number of hydrogen-bond donors (Lipinski definition) is 0. The average Bonchev–Trinajstić information content (AvgIpc) is 2.65. The van der Waals surface area contributed by atoms with Crippen LogP contribution in [0.1, 0.15) is 73.7 Å². The van der Waals surface area contributed by atoms with Crippen molar-refractivity contribution in [2.45, 2.75) is 70.1 Å². The summed E-state index contributed by atoms with van der Waals surface area (Å²) in [5.74, 6) is -4.09. The predicted octanol–water partition coefficient (Wildman–Crippen LogP) is 6.21. The minimum absolute atomic E-state index is 0.0930. The number of rotatable bonds is 8. The summed E-state index contributed by atoms with van der Waals surface area (Å²) in [6, 6.07) is 6.64. The number of carbonyl (C=O) groups excluding carboxylic acids is 1. The normalized spacial score (nSPS) is 21.0. The van der Waals surface area contributed by atoms with E-state index in [0.717, 1.165) is 24.3 Å². The molecule has 0 amide bonds. The fourth-order valence-electron chi connectivity index (χ4n) is 3.48. The molecule has 1 aliphatic carbocycles. The minimum atomic E-state index is -4.33. The highest BCUT2D eigenvalue weighted by Gasteiger charge is 2.42. The molecule has 0 aromatic heterocycles. The molecular weight excluding hydrogens is 348 g/mol. The quantitative estimate of drug-likeness (QED) is 0.399. The largest absolute Gasteiger partial charge is 0.455 e. The predicted molar refractivity (Wildman–Crippen MR) is 91.9 cm³/mol. The molecule has 0 unspecified atom stereocenters. The van der Waals surface area contributed by atoms with Crippen molar-refractivity contribution in [2.24, 2.45) is 5.92 Å². The third kappa shape index (κ3) is 5.71. The van der Waals surface area contributed by atoms with Gasteiger partial charge in [-0.15, -0.1) is 0 Å². The van der Waals surface area contributed by atoms with Gasteiger partial charge < -0.3 is 4.74 Å². The van der Waals surface area contributed by atoms with Gasteiger partial charge in [0.1, 0.15) is 0 Å². The van der Waals surface area contributed by atoms with Crippen molar-refractivity contribution < 1.29 is 27.1 Å². The number of carbonyl (C=O) groups is 1. The van der Waals surface area contributed by atoms with Crippen LogP contribution < -0.4 is 0 Å². The first-order valence-corrected chi connectivity index (χ1v) is 9.26. The molecule has 0 radical (unpaired) electrons. The monoisotopic (exact) mass is 374 g/mol. The van der Waals surface area contributed by atoms with Crippen LogP contribution in [0, 0.1) is 5.92 Å². The molecule has 0 atom stereocenters. The fraction of sp³-hybridized carbons (Fsp3) is 0.650. The summed E-state index contributed by atoms with van der Waals surface area (Å²) in [7, 11) is 0. The van der Waals surface area contributed by atoms with E-state index in [2.05, 4.69) is 11.7 Å². The van der Waals surface area contributed by atoms with E-state index in [4.69, 9.17) is 0 Å². The highest BCUT2D eigenvalue weighted by molar-refractivity contribution is 5.89. The van der Waals surface area contributed by atoms with E-state index in [-0.39, 0.29) is 5.56 Å². The van der Waals surface area contributed by atoms with Gasteiger partial charge in [0.15, 0.2) is 6.61 Å². The smallest absolute Gasteiger partial charge is 0.340 e. The Morgan fingerprint density at radius 2 is 1.77 bits per heavy atom. The molecule has 0 saturated heterocycles. The first-order valence-electron chi connectivity index (χ1n) is 9.26. The van der Waals surface area contributed by atoms with Crippen molar-refractivity contribution in [1.82, 2.24) is 0 Å². The summed E-state index contributed by atoms with van der Waals surface area (Å²) >= 11 is 0. The van der Waals surface area contributed by atoms with Crippen molar-refractivity contribution in [3.63, 3.8) is 0 Å². The second kappa shape index (κ2) is 9.38. The minimum Gasteiger partial charge on any atom is -0.455 e. The Morgan fingerprint density at radius 3 is 2.31 bits per heavy atom. The Hall–Kier alpha value is -1.59. The molecule has 1 aromatic carbocycles. The van der Waals surface area contributed by atoms with Crippen molar-refractivity contribution in [3.05, 3.63) is 35.4 Å². The molecule has 0 spiro atoms. The summed E-state index contributed by atoms with van der Waals surface area (Å²) in [5.41, 5.74) is 1.21. The number of hydrogen-bond acceptors (Lipinski definition) is 2. The van der Waals surface area contributed by atoms with Gasteiger partial charge >= 0.3 is 18.3 Å². The Bertz CT molecular complexity index is 564. The van der Waals surface area contributed by atoms with Crippen LogP contribution in [0.25, 0.3) is 0 Å². The molecule has 6 heteroatoms. The van der Waals surface area contributed by atoms with E-state index in [1.54, 1.807) is 12.1 Å². The molecule has 0 aliphatic heterocycles. The number of unbranched alkanes of at least 4 members (excludes halogenated alkanes) is 1. The van der Waals surface area contributed by atoms with Gasteiger partial charge in [0.25, 0.3) is 0 Å². The summed E-state index contributed by atoms with van der Waals surface area (Å²) < 4.78 is 54.1. The molecule has 26 heavy (non-hydrogen) atoms. The Labute approximate surface area is 151 Å². The molecule has 0 bridgehead atoms. The van der Waals surface area contributed by atoms with Gasteiger partial charge in [-0.05, 0) is 55.2 Å². The van der Waals surface area contributed by atoms with Crippen LogP contribution in [0.15, 0.2) is 24.3 Å². The molecule has 1 saturated carbocycles. The van der Waals surface area contributed by atoms with Gasteiger partial charge in [-0.2, -0.15) is 8.78 Å². The van der Waals surface area contributed by atoms with Crippen LogP contribution in [-0.4, -0.2) is 24.9 Å².